The number of likely N-dealkylation sites (N-methyl/N-ethyl adjacent to an activating group) is 1. The average Bonchev–Trinajstić information content (AvgIpc) is 2.78. The van der Waals surface area contributed by atoms with Crippen LogP contribution in [0.15, 0.2) is 95.5 Å². The lowest BCUT2D eigenvalue weighted by Crippen LogP contribution is -2.25. The van der Waals surface area contributed by atoms with Gasteiger partial charge in [-0.15, -0.1) is 0 Å². The van der Waals surface area contributed by atoms with E-state index in [0.717, 1.165) is 29.1 Å². The number of allylic oxidation sites excluding steroid dienone is 4. The summed E-state index contributed by atoms with van der Waals surface area (Å²) in [6.45, 7) is 21.2. The monoisotopic (exact) mass is 445 g/mol. The van der Waals surface area contributed by atoms with Gasteiger partial charge in [0, 0.05) is 50.1 Å². The molecule has 172 valence electrons. The molecule has 0 unspecified atom stereocenters. The summed E-state index contributed by atoms with van der Waals surface area (Å²) in [5.74, 6) is 0.518. The molecular weight excluding hydrogens is 413 g/mol. The summed E-state index contributed by atoms with van der Waals surface area (Å²) < 4.78 is 14.2. The zero-order valence-corrected chi connectivity index (χ0v) is 19.8. The maximum Gasteiger partial charge on any atom is 0.128 e. The normalized spacial score (nSPS) is 13.4. The number of nitrogens with zero attached hydrogens (tertiary/aromatic N) is 3. The molecule has 0 fully saturated rings. The third-order valence-corrected chi connectivity index (χ3v) is 5.29. The van der Waals surface area contributed by atoms with Gasteiger partial charge in [0.05, 0.1) is 17.1 Å². The predicted octanol–water partition coefficient (Wildman–Crippen LogP) is 5.25. The first-order chi connectivity index (χ1) is 15.7. The van der Waals surface area contributed by atoms with E-state index in [2.05, 4.69) is 48.0 Å². The first kappa shape index (κ1) is 25.4. The van der Waals surface area contributed by atoms with Crippen molar-refractivity contribution in [2.75, 3.05) is 13.6 Å². The van der Waals surface area contributed by atoms with Crippen LogP contribution < -0.4 is 10.6 Å². The molecule has 2 N–H and O–H groups in total. The van der Waals surface area contributed by atoms with Gasteiger partial charge >= 0.3 is 0 Å². The van der Waals surface area contributed by atoms with Crippen molar-refractivity contribution in [3.63, 3.8) is 0 Å². The molecule has 0 bridgehead atoms. The molecule has 33 heavy (non-hydrogen) atoms. The van der Waals surface area contributed by atoms with E-state index in [-0.39, 0.29) is 5.82 Å². The highest BCUT2D eigenvalue weighted by Gasteiger charge is 2.13. The average molecular weight is 446 g/mol. The number of benzene rings is 1. The Labute approximate surface area is 196 Å². The van der Waals surface area contributed by atoms with Crippen molar-refractivity contribution in [2.24, 2.45) is 4.99 Å². The van der Waals surface area contributed by atoms with Gasteiger partial charge in [0.15, 0.2) is 0 Å². The van der Waals surface area contributed by atoms with Gasteiger partial charge in [0.1, 0.15) is 11.9 Å². The lowest BCUT2D eigenvalue weighted by atomic mass is 10.00. The first-order valence-electron chi connectivity index (χ1n) is 10.7. The van der Waals surface area contributed by atoms with Gasteiger partial charge in [-0.05, 0) is 54.8 Å². The standard InChI is InChI=1S/C27H32FN5/c1-8-30-22(6)33(7)27(20(4)15-29)13-19(3)21(5)31-16-23-9-10-26(28)24(14-23)17-32-25-11-18(2)12-25/h9-11,13-14,31-32H,2-5,8,12,16-17H2,1,6-7H3/b27-13-,30-22?. The van der Waals surface area contributed by atoms with E-state index < -0.39 is 0 Å². The molecule has 0 spiro atoms. The number of amidine groups is 1. The fourth-order valence-electron chi connectivity index (χ4n) is 3.19. The Balaban J connectivity index is 2.05. The number of hydrogen-bond acceptors (Lipinski definition) is 4. The second-order valence-electron chi connectivity index (χ2n) is 7.84. The molecule has 0 saturated heterocycles. The Morgan fingerprint density at radius 2 is 2.00 bits per heavy atom. The molecule has 0 heterocycles. The second kappa shape index (κ2) is 11.7. The zero-order chi connectivity index (χ0) is 24.5. The van der Waals surface area contributed by atoms with E-state index >= 15 is 0 Å². The molecule has 0 radical (unpaired) electrons. The number of halogens is 1. The van der Waals surface area contributed by atoms with Crippen LogP contribution in [0.3, 0.4) is 0 Å². The topological polar surface area (TPSA) is 63.4 Å². The lowest BCUT2D eigenvalue weighted by molar-refractivity contribution is 0.596. The minimum absolute atomic E-state index is 0.247. The molecule has 0 saturated carbocycles. The van der Waals surface area contributed by atoms with Gasteiger partial charge in [-0.25, -0.2) is 4.39 Å². The molecule has 1 aromatic carbocycles. The highest BCUT2D eigenvalue weighted by atomic mass is 19.1. The Hall–Kier alpha value is -3.85. The van der Waals surface area contributed by atoms with Crippen LogP contribution in [0.4, 0.5) is 4.39 Å². The molecule has 0 atom stereocenters. The van der Waals surface area contributed by atoms with Gasteiger partial charge in [-0.1, -0.05) is 32.4 Å². The van der Waals surface area contributed by atoms with Crippen LogP contribution in [0.25, 0.3) is 0 Å². The molecule has 5 nitrogen and oxygen atoms in total. The first-order valence-corrected chi connectivity index (χ1v) is 10.7. The Bertz CT molecular complexity index is 1100. The number of nitriles is 1. The van der Waals surface area contributed by atoms with Crippen molar-refractivity contribution >= 4 is 5.84 Å². The zero-order valence-electron chi connectivity index (χ0n) is 19.8. The Morgan fingerprint density at radius 3 is 2.61 bits per heavy atom. The summed E-state index contributed by atoms with van der Waals surface area (Å²) in [7, 11) is 1.83. The third-order valence-electron chi connectivity index (χ3n) is 5.29. The van der Waals surface area contributed by atoms with E-state index in [4.69, 9.17) is 0 Å². The lowest BCUT2D eigenvalue weighted by Gasteiger charge is -2.22. The highest BCUT2D eigenvalue weighted by Crippen LogP contribution is 2.22. The maximum absolute atomic E-state index is 14.2. The quantitative estimate of drug-likeness (QED) is 0.211. The van der Waals surface area contributed by atoms with Crippen LogP contribution in [0.5, 0.6) is 0 Å². The van der Waals surface area contributed by atoms with Crippen molar-refractivity contribution < 1.29 is 4.39 Å². The molecule has 1 aliphatic rings. The summed E-state index contributed by atoms with van der Waals surface area (Å²) in [6, 6.07) is 7.13. The van der Waals surface area contributed by atoms with E-state index in [9.17, 15) is 9.65 Å². The number of rotatable bonds is 11. The van der Waals surface area contributed by atoms with E-state index in [0.29, 0.717) is 47.7 Å². The molecule has 0 amide bonds. The van der Waals surface area contributed by atoms with Crippen LogP contribution in [0.2, 0.25) is 0 Å². The molecule has 0 aliphatic heterocycles. The highest BCUT2D eigenvalue weighted by molar-refractivity contribution is 5.82. The number of aliphatic imine (C=N–C) groups is 1. The van der Waals surface area contributed by atoms with Crippen molar-refractivity contribution in [1.29, 1.82) is 5.26 Å². The van der Waals surface area contributed by atoms with E-state index in [1.807, 2.05) is 33.0 Å². The SMILES string of the molecule is C=C1C=C(NCc2cc(CNC(=C)C(=C)/C=C(/C(=C)C#N)N(C)C(C)=NCC)ccc2F)C1. The van der Waals surface area contributed by atoms with Crippen molar-refractivity contribution in [3.8, 4) is 6.07 Å². The number of nitrogens with one attached hydrogen (secondary N) is 2. The van der Waals surface area contributed by atoms with Gasteiger partial charge in [-0.3, -0.25) is 4.99 Å². The fraction of sp³-hybridized carbons (Fsp3) is 0.259. The molecule has 1 aromatic rings. The van der Waals surface area contributed by atoms with Crippen LogP contribution >= 0.6 is 0 Å². The molecular formula is C27H32FN5. The smallest absolute Gasteiger partial charge is 0.128 e. The van der Waals surface area contributed by atoms with Crippen LogP contribution in [-0.4, -0.2) is 24.3 Å². The summed E-state index contributed by atoms with van der Waals surface area (Å²) in [6.07, 6.45) is 4.54. The fourth-order valence-corrected chi connectivity index (χ4v) is 3.19. The van der Waals surface area contributed by atoms with Gasteiger partial charge in [0.2, 0.25) is 0 Å². The minimum Gasteiger partial charge on any atom is -0.384 e. The van der Waals surface area contributed by atoms with Gasteiger partial charge in [-0.2, -0.15) is 5.26 Å². The number of hydrogen-bond donors (Lipinski definition) is 2. The summed E-state index contributed by atoms with van der Waals surface area (Å²) in [4.78, 5) is 6.19. The summed E-state index contributed by atoms with van der Waals surface area (Å²) in [5.41, 5.74) is 5.76. The maximum atomic E-state index is 14.2. The third kappa shape index (κ3) is 7.08. The Kier molecular flexibility index (Phi) is 8.99. The van der Waals surface area contributed by atoms with Gasteiger partial charge < -0.3 is 15.5 Å². The van der Waals surface area contributed by atoms with E-state index in [1.165, 1.54) is 6.07 Å². The van der Waals surface area contributed by atoms with Crippen molar-refractivity contribution in [1.82, 2.24) is 15.5 Å². The molecule has 0 aromatic heterocycles. The van der Waals surface area contributed by atoms with Crippen molar-refractivity contribution in [3.05, 3.63) is 107 Å². The molecule has 1 aliphatic carbocycles. The minimum atomic E-state index is -0.247. The van der Waals surface area contributed by atoms with Crippen LogP contribution in [-0.2, 0) is 13.1 Å². The van der Waals surface area contributed by atoms with E-state index in [1.54, 1.807) is 17.0 Å². The second-order valence-corrected chi connectivity index (χ2v) is 7.84. The van der Waals surface area contributed by atoms with Gasteiger partial charge in [0.25, 0.3) is 0 Å². The summed E-state index contributed by atoms with van der Waals surface area (Å²) >= 11 is 0. The Morgan fingerprint density at radius 1 is 1.30 bits per heavy atom. The summed E-state index contributed by atoms with van der Waals surface area (Å²) in [5, 5.41) is 15.8. The van der Waals surface area contributed by atoms with Crippen LogP contribution in [0, 0.1) is 17.1 Å². The van der Waals surface area contributed by atoms with Crippen LogP contribution in [0.1, 0.15) is 31.4 Å². The predicted molar refractivity (Wildman–Crippen MR) is 134 cm³/mol. The molecule has 2 rings (SSSR count). The largest absolute Gasteiger partial charge is 0.384 e. The molecule has 6 heteroatoms. The van der Waals surface area contributed by atoms with Crippen molar-refractivity contribution in [2.45, 2.75) is 33.4 Å².